The Balaban J connectivity index is 2.26. The lowest BCUT2D eigenvalue weighted by Crippen LogP contribution is -2.13. The van der Waals surface area contributed by atoms with Crippen molar-refractivity contribution in [3.05, 3.63) is 58.1 Å². The first-order chi connectivity index (χ1) is 9.10. The molecule has 0 unspecified atom stereocenters. The minimum atomic E-state index is 0.0963. The van der Waals surface area contributed by atoms with Crippen molar-refractivity contribution in [1.29, 1.82) is 0 Å². The van der Waals surface area contributed by atoms with E-state index in [4.69, 9.17) is 10.9 Å². The van der Waals surface area contributed by atoms with Gasteiger partial charge >= 0.3 is 0 Å². The normalized spacial score (nSPS) is 11.6. The predicted octanol–water partition coefficient (Wildman–Crippen LogP) is 4.00. The molecule has 2 aromatic rings. The van der Waals surface area contributed by atoms with Crippen LogP contribution < -0.4 is 5.73 Å². The van der Waals surface area contributed by atoms with Crippen molar-refractivity contribution in [2.75, 3.05) is 0 Å². The lowest BCUT2D eigenvalue weighted by molar-refractivity contribution is 0.318. The summed E-state index contributed by atoms with van der Waals surface area (Å²) in [6.45, 7) is 2.07. The van der Waals surface area contributed by atoms with Crippen molar-refractivity contribution < 1.29 is 5.21 Å². The van der Waals surface area contributed by atoms with Crippen LogP contribution in [0, 0.1) is 6.92 Å². The van der Waals surface area contributed by atoms with Crippen LogP contribution in [0.25, 0.3) is 0 Å². The Bertz CT molecular complexity index is 629. The topological polar surface area (TPSA) is 58.6 Å². The lowest BCUT2D eigenvalue weighted by Gasteiger charge is -2.06. The molecule has 5 heteroatoms. The van der Waals surface area contributed by atoms with Gasteiger partial charge in [-0.3, -0.25) is 0 Å². The Labute approximate surface area is 124 Å². The number of nitrogens with zero attached hydrogens (tertiary/aromatic N) is 1. The van der Waals surface area contributed by atoms with Gasteiger partial charge in [-0.1, -0.05) is 34.6 Å². The van der Waals surface area contributed by atoms with Gasteiger partial charge in [0.25, 0.3) is 0 Å². The molecule has 3 N–H and O–H groups in total. The molecule has 0 aliphatic rings. The fraction of sp³-hybridized carbons (Fsp3) is 0.0714. The second-order valence-electron chi connectivity index (χ2n) is 4.05. The number of amidine groups is 1. The van der Waals surface area contributed by atoms with Crippen LogP contribution in [-0.4, -0.2) is 11.0 Å². The molecule has 0 atom stereocenters. The number of aryl methyl sites for hydroxylation is 1. The van der Waals surface area contributed by atoms with Crippen LogP contribution in [0.3, 0.4) is 0 Å². The fourth-order valence-electron chi connectivity index (χ4n) is 1.64. The van der Waals surface area contributed by atoms with Crippen molar-refractivity contribution >= 4 is 33.5 Å². The Morgan fingerprint density at radius 1 is 1.21 bits per heavy atom. The maximum Gasteiger partial charge on any atom is 0.171 e. The van der Waals surface area contributed by atoms with Gasteiger partial charge in [0, 0.05) is 19.8 Å². The molecule has 19 heavy (non-hydrogen) atoms. The smallest absolute Gasteiger partial charge is 0.171 e. The Morgan fingerprint density at radius 3 is 2.58 bits per heavy atom. The Morgan fingerprint density at radius 2 is 1.95 bits per heavy atom. The summed E-state index contributed by atoms with van der Waals surface area (Å²) in [4.78, 5) is 2.27. The average Bonchev–Trinajstić information content (AvgIpc) is 2.38. The maximum atomic E-state index is 8.68. The van der Waals surface area contributed by atoms with Crippen molar-refractivity contribution in [3.63, 3.8) is 0 Å². The molecule has 3 nitrogen and oxygen atoms in total. The molecule has 0 fully saturated rings. The molecular weight excluding hydrogens is 324 g/mol. The zero-order valence-corrected chi connectivity index (χ0v) is 12.7. The highest BCUT2D eigenvalue weighted by Gasteiger charge is 2.07. The van der Waals surface area contributed by atoms with E-state index in [1.54, 1.807) is 11.8 Å². The second kappa shape index (κ2) is 6.12. The minimum Gasteiger partial charge on any atom is -0.409 e. The molecule has 98 valence electrons. The van der Waals surface area contributed by atoms with E-state index < -0.39 is 0 Å². The molecule has 0 aromatic heterocycles. The van der Waals surface area contributed by atoms with Gasteiger partial charge in [-0.25, -0.2) is 0 Å². The first kappa shape index (κ1) is 14.0. The third kappa shape index (κ3) is 3.52. The van der Waals surface area contributed by atoms with Crippen molar-refractivity contribution in [2.45, 2.75) is 16.7 Å². The zero-order valence-electron chi connectivity index (χ0n) is 10.3. The average molecular weight is 337 g/mol. The van der Waals surface area contributed by atoms with Crippen LogP contribution in [0.2, 0.25) is 0 Å². The van der Waals surface area contributed by atoms with E-state index in [1.165, 1.54) is 10.5 Å². The summed E-state index contributed by atoms with van der Waals surface area (Å²) in [7, 11) is 0. The van der Waals surface area contributed by atoms with Crippen LogP contribution >= 0.6 is 27.7 Å². The van der Waals surface area contributed by atoms with Crippen molar-refractivity contribution in [1.82, 2.24) is 0 Å². The third-order valence-electron chi connectivity index (χ3n) is 2.55. The predicted molar refractivity (Wildman–Crippen MR) is 82.0 cm³/mol. The van der Waals surface area contributed by atoms with Crippen LogP contribution in [-0.2, 0) is 0 Å². The molecule has 0 spiro atoms. The van der Waals surface area contributed by atoms with Crippen LogP contribution in [0.4, 0.5) is 0 Å². The number of nitrogens with two attached hydrogens (primary N) is 1. The summed E-state index contributed by atoms with van der Waals surface area (Å²) in [6, 6.07) is 14.1. The zero-order chi connectivity index (χ0) is 13.8. The van der Waals surface area contributed by atoms with E-state index in [-0.39, 0.29) is 5.84 Å². The van der Waals surface area contributed by atoms with Crippen molar-refractivity contribution in [3.8, 4) is 0 Å². The molecule has 0 saturated carbocycles. The molecule has 0 aliphatic heterocycles. The molecule has 0 saturated heterocycles. The molecule has 2 rings (SSSR count). The second-order valence-corrected chi connectivity index (χ2v) is 6.05. The van der Waals surface area contributed by atoms with Gasteiger partial charge in [0.2, 0.25) is 0 Å². The van der Waals surface area contributed by atoms with Crippen molar-refractivity contribution in [2.24, 2.45) is 10.9 Å². The Hall–Kier alpha value is -1.46. The standard InChI is InChI=1S/C14H13BrN2OS/c1-9-3-2-4-10(7-9)19-11-5-6-12(13(15)8-11)14(16)17-18/h2-8,18H,1H3,(H2,16,17). The highest BCUT2D eigenvalue weighted by atomic mass is 79.9. The number of halogens is 1. The summed E-state index contributed by atoms with van der Waals surface area (Å²) in [5.74, 6) is 0.0963. The summed E-state index contributed by atoms with van der Waals surface area (Å²) in [6.07, 6.45) is 0. The largest absolute Gasteiger partial charge is 0.409 e. The number of benzene rings is 2. The van der Waals surface area contributed by atoms with Gasteiger partial charge in [0.05, 0.1) is 0 Å². The van der Waals surface area contributed by atoms with Crippen LogP contribution in [0.15, 0.2) is 61.9 Å². The van der Waals surface area contributed by atoms with Gasteiger partial charge in [-0.15, -0.1) is 0 Å². The van der Waals surface area contributed by atoms with Gasteiger partial charge < -0.3 is 10.9 Å². The highest BCUT2D eigenvalue weighted by Crippen LogP contribution is 2.31. The monoisotopic (exact) mass is 336 g/mol. The van der Waals surface area contributed by atoms with E-state index in [9.17, 15) is 0 Å². The summed E-state index contributed by atoms with van der Waals surface area (Å²) in [5, 5.41) is 11.7. The van der Waals surface area contributed by atoms with E-state index in [0.29, 0.717) is 5.56 Å². The number of hydrogen-bond acceptors (Lipinski definition) is 3. The number of hydrogen-bond donors (Lipinski definition) is 2. The first-order valence-electron chi connectivity index (χ1n) is 5.62. The van der Waals surface area contributed by atoms with Gasteiger partial charge in [-0.05, 0) is 53.2 Å². The summed E-state index contributed by atoms with van der Waals surface area (Å²) in [5.41, 5.74) is 7.49. The maximum absolute atomic E-state index is 8.68. The van der Waals surface area contributed by atoms with E-state index in [1.807, 2.05) is 24.3 Å². The quantitative estimate of drug-likeness (QED) is 0.385. The first-order valence-corrected chi connectivity index (χ1v) is 7.23. The number of rotatable bonds is 3. The van der Waals surface area contributed by atoms with Gasteiger partial charge in [0.1, 0.15) is 0 Å². The molecule has 0 heterocycles. The van der Waals surface area contributed by atoms with E-state index in [2.05, 4.69) is 46.2 Å². The summed E-state index contributed by atoms with van der Waals surface area (Å²) >= 11 is 5.10. The molecule has 0 amide bonds. The molecular formula is C14H13BrN2OS. The Kier molecular flexibility index (Phi) is 4.50. The minimum absolute atomic E-state index is 0.0963. The molecule has 0 radical (unpaired) electrons. The van der Waals surface area contributed by atoms with Crippen LogP contribution in [0.5, 0.6) is 0 Å². The van der Waals surface area contributed by atoms with E-state index in [0.717, 1.165) is 9.37 Å². The van der Waals surface area contributed by atoms with E-state index >= 15 is 0 Å². The van der Waals surface area contributed by atoms with Crippen LogP contribution in [0.1, 0.15) is 11.1 Å². The number of oxime groups is 1. The fourth-order valence-corrected chi connectivity index (χ4v) is 3.35. The third-order valence-corrected chi connectivity index (χ3v) is 4.18. The SMILES string of the molecule is Cc1cccc(Sc2ccc(/C(N)=N/O)c(Br)c2)c1. The van der Waals surface area contributed by atoms with Gasteiger partial charge in [-0.2, -0.15) is 0 Å². The lowest BCUT2D eigenvalue weighted by atomic mass is 10.2. The molecule has 0 aliphatic carbocycles. The summed E-state index contributed by atoms with van der Waals surface area (Å²) < 4.78 is 0.806. The highest BCUT2D eigenvalue weighted by molar-refractivity contribution is 9.10. The van der Waals surface area contributed by atoms with Gasteiger partial charge in [0.15, 0.2) is 5.84 Å². The molecule has 0 bridgehead atoms. The molecule has 2 aromatic carbocycles.